The van der Waals surface area contributed by atoms with Crippen LogP contribution >= 0.6 is 0 Å². The number of allylic oxidation sites excluding steroid dienone is 3. The highest BCUT2D eigenvalue weighted by Gasteiger charge is 2.48. The van der Waals surface area contributed by atoms with Gasteiger partial charge in [0.25, 0.3) is 0 Å². The maximum Gasteiger partial charge on any atom is 0.304 e. The lowest BCUT2D eigenvalue weighted by Gasteiger charge is -2.39. The largest absolute Gasteiger partial charge is 0.481 e. The van der Waals surface area contributed by atoms with Crippen molar-refractivity contribution in [2.45, 2.75) is 38.9 Å². The van der Waals surface area contributed by atoms with E-state index in [1.807, 2.05) is 19.1 Å². The van der Waals surface area contributed by atoms with Gasteiger partial charge in [0.1, 0.15) is 11.5 Å². The Hall–Kier alpha value is -2.01. The van der Waals surface area contributed by atoms with Gasteiger partial charge in [-0.3, -0.25) is 4.79 Å². The van der Waals surface area contributed by atoms with Crippen molar-refractivity contribution in [3.05, 3.63) is 52.9 Å². The zero-order valence-electron chi connectivity index (χ0n) is 13.4. The van der Waals surface area contributed by atoms with Crippen LogP contribution in [0.4, 0.5) is 8.78 Å². The molecule has 0 saturated heterocycles. The van der Waals surface area contributed by atoms with Gasteiger partial charge in [-0.25, -0.2) is 8.78 Å². The van der Waals surface area contributed by atoms with Crippen LogP contribution in [0.15, 0.2) is 41.7 Å². The smallest absolute Gasteiger partial charge is 0.304 e. The molecule has 0 amide bonds. The molecule has 0 aliphatic heterocycles. The van der Waals surface area contributed by atoms with Crippen LogP contribution in [0.25, 0.3) is 5.57 Å². The first-order chi connectivity index (χ1) is 10.7. The molecule has 5 heteroatoms. The van der Waals surface area contributed by atoms with Crippen molar-refractivity contribution in [2.75, 3.05) is 0 Å². The normalized spacial score (nSPS) is 26.0. The molecular formula is C18H21F2NO2. The van der Waals surface area contributed by atoms with Gasteiger partial charge in [0.15, 0.2) is 0 Å². The predicted molar refractivity (Wildman–Crippen MR) is 86.2 cm³/mol. The topological polar surface area (TPSA) is 63.3 Å². The Balaban J connectivity index is 2.56. The molecule has 3 nitrogen and oxygen atoms in total. The third-order valence-corrected chi connectivity index (χ3v) is 4.40. The quantitative estimate of drug-likeness (QED) is 0.887. The van der Waals surface area contributed by atoms with E-state index in [2.05, 4.69) is 0 Å². The van der Waals surface area contributed by atoms with Gasteiger partial charge in [0.2, 0.25) is 0 Å². The number of aryl methyl sites for hydroxylation is 1. The Morgan fingerprint density at radius 3 is 2.57 bits per heavy atom. The number of hydrogen-bond donors (Lipinski definition) is 2. The zero-order chi connectivity index (χ0) is 17.4. The number of nitrogens with two attached hydrogens (primary N) is 1. The predicted octanol–water partition coefficient (Wildman–Crippen LogP) is 3.78. The summed E-state index contributed by atoms with van der Waals surface area (Å²) in [7, 11) is 0. The van der Waals surface area contributed by atoms with Gasteiger partial charge in [0, 0.05) is 6.04 Å². The van der Waals surface area contributed by atoms with Crippen LogP contribution in [0.5, 0.6) is 0 Å². The zero-order valence-corrected chi connectivity index (χ0v) is 13.4. The summed E-state index contributed by atoms with van der Waals surface area (Å²) >= 11 is 0. The fourth-order valence-electron chi connectivity index (χ4n) is 3.20. The molecule has 0 aromatic heterocycles. The lowest BCUT2D eigenvalue weighted by Crippen LogP contribution is -2.47. The van der Waals surface area contributed by atoms with Gasteiger partial charge < -0.3 is 10.8 Å². The summed E-state index contributed by atoms with van der Waals surface area (Å²) < 4.78 is 30.1. The molecule has 0 fully saturated rings. The molecule has 3 N–H and O–H groups in total. The summed E-state index contributed by atoms with van der Waals surface area (Å²) in [6, 6.07) is 6.10. The summed E-state index contributed by atoms with van der Waals surface area (Å²) in [6.45, 7) is 4.66. The molecular weight excluding hydrogens is 300 g/mol. The summed E-state index contributed by atoms with van der Waals surface area (Å²) in [4.78, 5) is 10.9. The molecule has 0 radical (unpaired) electrons. The van der Waals surface area contributed by atoms with E-state index < -0.39 is 35.8 Å². The van der Waals surface area contributed by atoms with Crippen molar-refractivity contribution in [1.29, 1.82) is 0 Å². The highest BCUT2D eigenvalue weighted by Crippen LogP contribution is 2.47. The molecule has 124 valence electrons. The Labute approximate surface area is 134 Å². The molecule has 3 unspecified atom stereocenters. The van der Waals surface area contributed by atoms with E-state index in [1.54, 1.807) is 19.1 Å². The second-order valence-corrected chi connectivity index (χ2v) is 6.22. The van der Waals surface area contributed by atoms with E-state index >= 15 is 4.39 Å². The van der Waals surface area contributed by atoms with Gasteiger partial charge in [0.05, 0.1) is 12.3 Å². The van der Waals surface area contributed by atoms with Gasteiger partial charge in [-0.15, -0.1) is 0 Å². The van der Waals surface area contributed by atoms with Crippen molar-refractivity contribution in [1.82, 2.24) is 0 Å². The fraction of sp³-hybridized carbons (Fsp3) is 0.389. The van der Waals surface area contributed by atoms with Crippen LogP contribution in [0.2, 0.25) is 0 Å². The molecule has 1 aromatic rings. The van der Waals surface area contributed by atoms with E-state index in [9.17, 15) is 9.18 Å². The highest BCUT2D eigenvalue weighted by molar-refractivity contribution is 5.79. The summed E-state index contributed by atoms with van der Waals surface area (Å²) in [5.74, 6) is -3.18. The summed E-state index contributed by atoms with van der Waals surface area (Å²) in [5.41, 5.74) is 5.90. The standard InChI is InChI=1S/C18H21F2NO2/c1-10-6-4-5-7-12(10)13-8-11(2)17(19)16(18(13,3)20)14(21)9-15(22)23/h4-8,14,16H,9,21H2,1-3H3,(H,22,23). The van der Waals surface area contributed by atoms with Crippen molar-refractivity contribution >= 4 is 11.5 Å². The van der Waals surface area contributed by atoms with Crippen LogP contribution in [-0.4, -0.2) is 22.8 Å². The third kappa shape index (κ3) is 3.20. The lowest BCUT2D eigenvalue weighted by molar-refractivity contribution is -0.137. The average Bonchev–Trinajstić information content (AvgIpc) is 2.43. The van der Waals surface area contributed by atoms with Crippen LogP contribution in [0.3, 0.4) is 0 Å². The SMILES string of the molecule is CC1=C(F)C(C(N)CC(=O)O)C(C)(F)C(c2ccccc2C)=C1. The first-order valence-electron chi connectivity index (χ1n) is 7.47. The van der Waals surface area contributed by atoms with Crippen LogP contribution in [0.1, 0.15) is 31.4 Å². The Morgan fingerprint density at radius 1 is 1.39 bits per heavy atom. The van der Waals surface area contributed by atoms with Gasteiger partial charge in [-0.05, 0) is 49.1 Å². The first-order valence-corrected chi connectivity index (χ1v) is 7.47. The number of aliphatic carboxylic acids is 1. The van der Waals surface area contributed by atoms with Crippen LogP contribution in [-0.2, 0) is 4.79 Å². The van der Waals surface area contributed by atoms with E-state index in [4.69, 9.17) is 10.8 Å². The van der Waals surface area contributed by atoms with Crippen molar-refractivity contribution in [3.63, 3.8) is 0 Å². The Kier molecular flexibility index (Phi) is 4.71. The minimum atomic E-state index is -2.09. The third-order valence-electron chi connectivity index (χ3n) is 4.40. The second kappa shape index (κ2) is 6.24. The highest BCUT2D eigenvalue weighted by atomic mass is 19.2. The minimum absolute atomic E-state index is 0.282. The maximum atomic E-state index is 15.6. The van der Waals surface area contributed by atoms with Crippen molar-refractivity contribution in [2.24, 2.45) is 11.7 Å². The molecule has 0 heterocycles. The average molecular weight is 321 g/mol. The summed E-state index contributed by atoms with van der Waals surface area (Å²) in [6.07, 6.45) is 0.994. The van der Waals surface area contributed by atoms with Gasteiger partial charge >= 0.3 is 5.97 Å². The monoisotopic (exact) mass is 321 g/mol. The second-order valence-electron chi connectivity index (χ2n) is 6.22. The molecule has 2 rings (SSSR count). The molecule has 3 atom stereocenters. The molecule has 1 aromatic carbocycles. The maximum absolute atomic E-state index is 15.6. The van der Waals surface area contributed by atoms with E-state index in [0.29, 0.717) is 11.1 Å². The minimum Gasteiger partial charge on any atom is -0.481 e. The molecule has 1 aliphatic carbocycles. The number of alkyl halides is 1. The number of rotatable bonds is 4. The molecule has 0 bridgehead atoms. The lowest BCUT2D eigenvalue weighted by atomic mass is 9.71. The fourth-order valence-corrected chi connectivity index (χ4v) is 3.20. The summed E-state index contributed by atoms with van der Waals surface area (Å²) in [5, 5.41) is 8.91. The molecule has 0 saturated carbocycles. The van der Waals surface area contributed by atoms with E-state index in [1.165, 1.54) is 13.0 Å². The van der Waals surface area contributed by atoms with E-state index in [0.717, 1.165) is 5.56 Å². The molecule has 23 heavy (non-hydrogen) atoms. The van der Waals surface area contributed by atoms with Crippen molar-refractivity contribution in [3.8, 4) is 0 Å². The number of carboxylic acid groups (broad SMARTS) is 1. The molecule has 1 aliphatic rings. The number of carboxylic acids is 1. The van der Waals surface area contributed by atoms with Gasteiger partial charge in [-0.1, -0.05) is 24.3 Å². The number of halogens is 2. The van der Waals surface area contributed by atoms with Crippen LogP contribution < -0.4 is 5.73 Å². The Morgan fingerprint density at radius 2 is 2.00 bits per heavy atom. The number of hydrogen-bond acceptors (Lipinski definition) is 2. The van der Waals surface area contributed by atoms with Crippen LogP contribution in [0, 0.1) is 12.8 Å². The number of benzene rings is 1. The van der Waals surface area contributed by atoms with E-state index in [-0.39, 0.29) is 5.57 Å². The Bertz CT molecular complexity index is 692. The molecule has 0 spiro atoms. The van der Waals surface area contributed by atoms with Crippen molar-refractivity contribution < 1.29 is 18.7 Å². The van der Waals surface area contributed by atoms with Gasteiger partial charge in [-0.2, -0.15) is 0 Å². The number of carbonyl (C=O) groups is 1. The first kappa shape index (κ1) is 17.3.